The summed E-state index contributed by atoms with van der Waals surface area (Å²) in [5.41, 5.74) is 1.92. The van der Waals surface area contributed by atoms with Gasteiger partial charge in [0.1, 0.15) is 5.75 Å². The smallest absolute Gasteiger partial charge is 0.258 e. The minimum absolute atomic E-state index is 0.134. The van der Waals surface area contributed by atoms with Crippen LogP contribution in [0.3, 0.4) is 0 Å². The summed E-state index contributed by atoms with van der Waals surface area (Å²) in [7, 11) is -2.00. The summed E-state index contributed by atoms with van der Waals surface area (Å²) >= 11 is 3.44. The zero-order valence-electron chi connectivity index (χ0n) is 11.3. The van der Waals surface area contributed by atoms with Gasteiger partial charge in [-0.15, -0.1) is 0 Å². The van der Waals surface area contributed by atoms with Gasteiger partial charge in [-0.25, -0.2) is 13.1 Å². The summed E-state index contributed by atoms with van der Waals surface area (Å²) < 4.78 is 34.9. The summed E-state index contributed by atoms with van der Waals surface area (Å²) in [5.74, 6) is 0.783. The van der Waals surface area contributed by atoms with Crippen LogP contribution in [0.25, 0.3) is 0 Å². The van der Waals surface area contributed by atoms with E-state index in [-0.39, 0.29) is 11.6 Å². The van der Waals surface area contributed by atoms with Gasteiger partial charge in [0.15, 0.2) is 5.03 Å². The van der Waals surface area contributed by atoms with Gasteiger partial charge in [0.2, 0.25) is 0 Å². The molecule has 0 aliphatic carbocycles. The van der Waals surface area contributed by atoms with E-state index >= 15 is 0 Å². The molecule has 8 heteroatoms. The quantitative estimate of drug-likeness (QED) is 0.885. The standard InChI is InChI=1S/C13H14BrN3O3S/c1-17-12(2-4-15-17)21(18,19)16-8-10-7-11(14)6-9-3-5-20-13(9)10/h2,4,6-7,16H,3,5,8H2,1H3. The Bertz CT molecular complexity index is 786. The van der Waals surface area contributed by atoms with Crippen LogP contribution in [0, 0.1) is 0 Å². The predicted octanol–water partition coefficient (Wildman–Crippen LogP) is 1.60. The minimum Gasteiger partial charge on any atom is -0.493 e. The zero-order valence-corrected chi connectivity index (χ0v) is 13.7. The molecule has 2 heterocycles. The van der Waals surface area contributed by atoms with Crippen molar-refractivity contribution in [2.75, 3.05) is 6.61 Å². The third-order valence-corrected chi connectivity index (χ3v) is 5.26. The molecule has 2 aromatic rings. The Balaban J connectivity index is 1.85. The highest BCUT2D eigenvalue weighted by atomic mass is 79.9. The first-order chi connectivity index (χ1) is 9.97. The normalized spacial score (nSPS) is 14.0. The fourth-order valence-corrected chi connectivity index (χ4v) is 4.03. The average Bonchev–Trinajstić information content (AvgIpc) is 3.04. The molecule has 1 aliphatic heterocycles. The third kappa shape index (κ3) is 2.83. The molecule has 0 unspecified atom stereocenters. The Hall–Kier alpha value is -1.38. The second-order valence-corrected chi connectivity index (χ2v) is 7.40. The van der Waals surface area contributed by atoms with Crippen LogP contribution in [0.5, 0.6) is 5.75 Å². The van der Waals surface area contributed by atoms with E-state index in [0.717, 1.165) is 27.8 Å². The number of ether oxygens (including phenoxy) is 1. The van der Waals surface area contributed by atoms with E-state index in [0.29, 0.717) is 6.61 Å². The maximum atomic E-state index is 12.2. The molecule has 0 spiro atoms. The number of sulfonamides is 1. The lowest BCUT2D eigenvalue weighted by Gasteiger charge is -2.11. The summed E-state index contributed by atoms with van der Waals surface area (Å²) in [6.45, 7) is 0.808. The van der Waals surface area contributed by atoms with Crippen LogP contribution >= 0.6 is 15.9 Å². The van der Waals surface area contributed by atoms with Gasteiger partial charge < -0.3 is 4.74 Å². The molecule has 1 N–H and O–H groups in total. The number of nitrogens with one attached hydrogen (secondary N) is 1. The largest absolute Gasteiger partial charge is 0.493 e. The molecule has 112 valence electrons. The second-order valence-electron chi connectivity index (χ2n) is 4.77. The van der Waals surface area contributed by atoms with Crippen LogP contribution < -0.4 is 9.46 Å². The number of benzene rings is 1. The van der Waals surface area contributed by atoms with Crippen LogP contribution in [0.15, 0.2) is 33.9 Å². The van der Waals surface area contributed by atoms with Crippen molar-refractivity contribution in [2.45, 2.75) is 18.0 Å². The lowest BCUT2D eigenvalue weighted by Crippen LogP contribution is -2.25. The number of fused-ring (bicyclic) bond motifs is 1. The maximum Gasteiger partial charge on any atom is 0.258 e. The second kappa shape index (κ2) is 5.43. The Morgan fingerprint density at radius 2 is 2.29 bits per heavy atom. The first kappa shape index (κ1) is 14.6. The Morgan fingerprint density at radius 3 is 3.00 bits per heavy atom. The summed E-state index contributed by atoms with van der Waals surface area (Å²) in [4.78, 5) is 0. The van der Waals surface area contributed by atoms with Gasteiger partial charge in [0.05, 0.1) is 12.8 Å². The zero-order chi connectivity index (χ0) is 15.0. The van der Waals surface area contributed by atoms with Gasteiger partial charge in [-0.1, -0.05) is 15.9 Å². The topological polar surface area (TPSA) is 73.2 Å². The van der Waals surface area contributed by atoms with E-state index in [2.05, 4.69) is 25.8 Å². The number of rotatable bonds is 4. The molecular formula is C13H14BrN3O3S. The molecule has 0 fully saturated rings. The number of aromatic nitrogens is 2. The molecule has 0 saturated heterocycles. The molecule has 6 nitrogen and oxygen atoms in total. The summed E-state index contributed by atoms with van der Waals surface area (Å²) in [6, 6.07) is 5.33. The van der Waals surface area contributed by atoms with Crippen LogP contribution in [0.4, 0.5) is 0 Å². The molecule has 0 atom stereocenters. The molecule has 3 rings (SSSR count). The number of aryl methyl sites for hydroxylation is 1. The van der Waals surface area contributed by atoms with E-state index < -0.39 is 10.0 Å². The fraction of sp³-hybridized carbons (Fsp3) is 0.308. The Kier molecular flexibility index (Phi) is 3.76. The molecule has 1 aromatic heterocycles. The molecule has 1 aliphatic rings. The lowest BCUT2D eigenvalue weighted by atomic mass is 10.1. The molecule has 0 radical (unpaired) electrons. The van der Waals surface area contributed by atoms with Gasteiger partial charge in [-0.2, -0.15) is 5.10 Å². The Labute approximate surface area is 131 Å². The van der Waals surface area contributed by atoms with Crippen molar-refractivity contribution in [1.29, 1.82) is 0 Å². The van der Waals surface area contributed by atoms with E-state index in [4.69, 9.17) is 4.74 Å². The van der Waals surface area contributed by atoms with Crippen LogP contribution in [0.1, 0.15) is 11.1 Å². The van der Waals surface area contributed by atoms with Crippen LogP contribution in [-0.2, 0) is 30.0 Å². The van der Waals surface area contributed by atoms with Crippen molar-refractivity contribution in [3.63, 3.8) is 0 Å². The van der Waals surface area contributed by atoms with Gasteiger partial charge in [0, 0.05) is 30.0 Å². The lowest BCUT2D eigenvalue weighted by molar-refractivity contribution is 0.353. The number of hydrogen-bond acceptors (Lipinski definition) is 4. The number of halogens is 1. The van der Waals surface area contributed by atoms with Crippen molar-refractivity contribution < 1.29 is 13.2 Å². The molecule has 0 amide bonds. The summed E-state index contributed by atoms with van der Waals surface area (Å²) in [5, 5.41) is 4.01. The highest BCUT2D eigenvalue weighted by Gasteiger charge is 2.21. The maximum absolute atomic E-state index is 12.2. The fourth-order valence-electron chi connectivity index (χ4n) is 2.35. The highest BCUT2D eigenvalue weighted by molar-refractivity contribution is 9.10. The van der Waals surface area contributed by atoms with Gasteiger partial charge >= 0.3 is 0 Å². The molecule has 0 saturated carbocycles. The molecule has 0 bridgehead atoms. The minimum atomic E-state index is -3.60. The predicted molar refractivity (Wildman–Crippen MR) is 80.6 cm³/mol. The van der Waals surface area contributed by atoms with Gasteiger partial charge in [-0.3, -0.25) is 4.68 Å². The van der Waals surface area contributed by atoms with Crippen molar-refractivity contribution in [3.05, 3.63) is 40.0 Å². The SMILES string of the molecule is Cn1nccc1S(=O)(=O)NCc1cc(Br)cc2c1OCC2. The average molecular weight is 372 g/mol. The molecule has 1 aromatic carbocycles. The van der Waals surface area contributed by atoms with E-state index in [9.17, 15) is 8.42 Å². The van der Waals surface area contributed by atoms with Gasteiger partial charge in [-0.05, 0) is 23.8 Å². The van der Waals surface area contributed by atoms with E-state index in [1.807, 2.05) is 12.1 Å². The van der Waals surface area contributed by atoms with Crippen LogP contribution in [0.2, 0.25) is 0 Å². The van der Waals surface area contributed by atoms with E-state index in [1.165, 1.54) is 16.9 Å². The number of hydrogen-bond donors (Lipinski definition) is 1. The third-order valence-electron chi connectivity index (χ3n) is 3.33. The monoisotopic (exact) mass is 371 g/mol. The molecule has 21 heavy (non-hydrogen) atoms. The van der Waals surface area contributed by atoms with Crippen molar-refractivity contribution in [2.24, 2.45) is 7.05 Å². The Morgan fingerprint density at radius 1 is 1.48 bits per heavy atom. The summed E-state index contributed by atoms with van der Waals surface area (Å²) in [6.07, 6.45) is 2.30. The highest BCUT2D eigenvalue weighted by Crippen LogP contribution is 2.33. The van der Waals surface area contributed by atoms with Crippen LogP contribution in [-0.4, -0.2) is 24.8 Å². The van der Waals surface area contributed by atoms with Crippen molar-refractivity contribution >= 4 is 26.0 Å². The van der Waals surface area contributed by atoms with Gasteiger partial charge in [0.25, 0.3) is 10.0 Å². The van der Waals surface area contributed by atoms with E-state index in [1.54, 1.807) is 7.05 Å². The molecular weight excluding hydrogens is 358 g/mol. The number of nitrogens with zero attached hydrogens (tertiary/aromatic N) is 2. The van der Waals surface area contributed by atoms with Crippen molar-refractivity contribution in [3.8, 4) is 5.75 Å². The first-order valence-electron chi connectivity index (χ1n) is 6.39. The first-order valence-corrected chi connectivity index (χ1v) is 8.67. The van der Waals surface area contributed by atoms with Crippen molar-refractivity contribution in [1.82, 2.24) is 14.5 Å².